The largest absolute Gasteiger partial charge is 0.494 e. The molecule has 0 aromatic heterocycles. The zero-order chi connectivity index (χ0) is 14.4. The van der Waals surface area contributed by atoms with Gasteiger partial charge in [-0.1, -0.05) is 18.2 Å². The van der Waals surface area contributed by atoms with Crippen molar-refractivity contribution in [1.29, 1.82) is 0 Å². The van der Waals surface area contributed by atoms with E-state index in [1.165, 1.54) is 11.1 Å². The Bertz CT molecular complexity index is 549. The maximum absolute atomic E-state index is 5.56. The average Bonchev–Trinajstić information content (AvgIpc) is 2.44. The molecule has 0 unspecified atom stereocenters. The molecular formula is C17H19IO2. The predicted molar refractivity (Wildman–Crippen MR) is 90.7 cm³/mol. The van der Waals surface area contributed by atoms with Crippen LogP contribution in [0.5, 0.6) is 11.5 Å². The third-order valence-corrected chi connectivity index (χ3v) is 3.78. The molecule has 3 heteroatoms. The molecule has 0 radical (unpaired) electrons. The number of benzene rings is 2. The highest BCUT2D eigenvalue weighted by molar-refractivity contribution is 14.1. The summed E-state index contributed by atoms with van der Waals surface area (Å²) in [7, 11) is 0. The van der Waals surface area contributed by atoms with Crippen molar-refractivity contribution in [2.45, 2.75) is 20.3 Å². The Labute approximate surface area is 134 Å². The van der Waals surface area contributed by atoms with Gasteiger partial charge in [0.1, 0.15) is 11.5 Å². The fraction of sp³-hybridized carbons (Fsp3) is 0.294. The van der Waals surface area contributed by atoms with Crippen molar-refractivity contribution in [2.75, 3.05) is 13.2 Å². The molecule has 0 aliphatic heterocycles. The van der Waals surface area contributed by atoms with Crippen molar-refractivity contribution < 1.29 is 9.47 Å². The van der Waals surface area contributed by atoms with E-state index in [0.717, 1.165) is 21.5 Å². The van der Waals surface area contributed by atoms with Crippen LogP contribution in [-0.4, -0.2) is 13.2 Å². The minimum atomic E-state index is 0.703. The van der Waals surface area contributed by atoms with Crippen molar-refractivity contribution in [3.8, 4) is 11.5 Å². The highest BCUT2D eigenvalue weighted by Gasteiger charge is 2.03. The standard InChI is InChI=1S/C17H19IO2/c1-3-19-15-8-5-13(6-9-15)11-14-7-10-17(20-4-2)16(18)12-14/h5-10,12H,3-4,11H2,1-2H3. The number of ether oxygens (including phenoxy) is 2. The first kappa shape index (κ1) is 15.2. The van der Waals surface area contributed by atoms with Crippen LogP contribution in [0, 0.1) is 3.57 Å². The molecule has 0 N–H and O–H groups in total. The third kappa shape index (κ3) is 4.13. The molecule has 0 atom stereocenters. The Morgan fingerprint density at radius 1 is 0.850 bits per heavy atom. The second kappa shape index (κ2) is 7.53. The maximum Gasteiger partial charge on any atom is 0.132 e. The second-order valence-electron chi connectivity index (χ2n) is 4.45. The van der Waals surface area contributed by atoms with Crippen LogP contribution in [0.1, 0.15) is 25.0 Å². The summed E-state index contributed by atoms with van der Waals surface area (Å²) in [6.45, 7) is 5.41. The minimum Gasteiger partial charge on any atom is -0.494 e. The van der Waals surface area contributed by atoms with Crippen molar-refractivity contribution in [3.63, 3.8) is 0 Å². The molecule has 2 nitrogen and oxygen atoms in total. The molecule has 0 heterocycles. The smallest absolute Gasteiger partial charge is 0.132 e. The fourth-order valence-corrected chi connectivity index (χ4v) is 2.77. The summed E-state index contributed by atoms with van der Waals surface area (Å²) in [5, 5.41) is 0. The second-order valence-corrected chi connectivity index (χ2v) is 5.61. The lowest BCUT2D eigenvalue weighted by molar-refractivity contribution is 0.338. The summed E-state index contributed by atoms with van der Waals surface area (Å²) in [5.74, 6) is 1.89. The molecule has 106 valence electrons. The van der Waals surface area contributed by atoms with Gasteiger partial charge in [0.05, 0.1) is 16.8 Å². The first-order valence-electron chi connectivity index (χ1n) is 6.86. The maximum atomic E-state index is 5.56. The molecule has 0 saturated carbocycles. The van der Waals surface area contributed by atoms with Gasteiger partial charge in [-0.05, 0) is 78.3 Å². The normalized spacial score (nSPS) is 10.3. The van der Waals surface area contributed by atoms with Gasteiger partial charge in [-0.25, -0.2) is 0 Å². The van der Waals surface area contributed by atoms with Crippen molar-refractivity contribution >= 4 is 22.6 Å². The lowest BCUT2D eigenvalue weighted by Crippen LogP contribution is -1.96. The summed E-state index contributed by atoms with van der Waals surface area (Å²) < 4.78 is 12.2. The average molecular weight is 382 g/mol. The zero-order valence-electron chi connectivity index (χ0n) is 11.9. The van der Waals surface area contributed by atoms with E-state index in [-0.39, 0.29) is 0 Å². The van der Waals surface area contributed by atoms with Gasteiger partial charge in [-0.15, -0.1) is 0 Å². The van der Waals surface area contributed by atoms with Crippen LogP contribution in [0.3, 0.4) is 0 Å². The van der Waals surface area contributed by atoms with Gasteiger partial charge in [0, 0.05) is 0 Å². The summed E-state index contributed by atoms with van der Waals surface area (Å²) in [6, 6.07) is 14.7. The van der Waals surface area contributed by atoms with Gasteiger partial charge in [-0.2, -0.15) is 0 Å². The molecule has 0 spiro atoms. The Morgan fingerprint density at radius 3 is 2.10 bits per heavy atom. The Morgan fingerprint density at radius 2 is 1.50 bits per heavy atom. The van der Waals surface area contributed by atoms with E-state index >= 15 is 0 Å². The van der Waals surface area contributed by atoms with Crippen molar-refractivity contribution in [3.05, 3.63) is 57.2 Å². The van der Waals surface area contributed by atoms with Gasteiger partial charge in [0.15, 0.2) is 0 Å². The van der Waals surface area contributed by atoms with E-state index in [1.54, 1.807) is 0 Å². The molecule has 0 aliphatic carbocycles. The van der Waals surface area contributed by atoms with Crippen LogP contribution in [-0.2, 0) is 6.42 Å². The van der Waals surface area contributed by atoms with Gasteiger partial charge in [-0.3, -0.25) is 0 Å². The number of rotatable bonds is 6. The Balaban J connectivity index is 2.07. The summed E-state index contributed by atoms with van der Waals surface area (Å²) >= 11 is 2.32. The summed E-state index contributed by atoms with van der Waals surface area (Å²) in [4.78, 5) is 0. The molecule has 20 heavy (non-hydrogen) atoms. The van der Waals surface area contributed by atoms with E-state index in [9.17, 15) is 0 Å². The van der Waals surface area contributed by atoms with Gasteiger partial charge in [0.2, 0.25) is 0 Å². The lowest BCUT2D eigenvalue weighted by atomic mass is 10.0. The lowest BCUT2D eigenvalue weighted by Gasteiger charge is -2.09. The zero-order valence-corrected chi connectivity index (χ0v) is 14.0. The van der Waals surface area contributed by atoms with Crippen LogP contribution >= 0.6 is 22.6 Å². The number of hydrogen-bond acceptors (Lipinski definition) is 2. The number of halogens is 1. The molecule has 2 rings (SSSR count). The molecule has 0 saturated heterocycles. The summed E-state index contributed by atoms with van der Waals surface area (Å²) in [6.07, 6.45) is 0.925. The monoisotopic (exact) mass is 382 g/mol. The molecule has 2 aromatic rings. The van der Waals surface area contributed by atoms with Crippen LogP contribution < -0.4 is 9.47 Å². The van der Waals surface area contributed by atoms with E-state index in [4.69, 9.17) is 9.47 Å². The van der Waals surface area contributed by atoms with Crippen molar-refractivity contribution in [2.24, 2.45) is 0 Å². The van der Waals surface area contributed by atoms with Crippen molar-refractivity contribution in [1.82, 2.24) is 0 Å². The SMILES string of the molecule is CCOc1ccc(Cc2ccc(OCC)c(I)c2)cc1. The highest BCUT2D eigenvalue weighted by Crippen LogP contribution is 2.24. The Kier molecular flexibility index (Phi) is 5.71. The van der Waals surface area contributed by atoms with E-state index < -0.39 is 0 Å². The van der Waals surface area contributed by atoms with Crippen LogP contribution in [0.25, 0.3) is 0 Å². The van der Waals surface area contributed by atoms with Gasteiger partial charge >= 0.3 is 0 Å². The Hall–Kier alpha value is -1.23. The molecular weight excluding hydrogens is 363 g/mol. The molecule has 0 amide bonds. The van der Waals surface area contributed by atoms with Crippen LogP contribution in [0.15, 0.2) is 42.5 Å². The third-order valence-electron chi connectivity index (χ3n) is 2.94. The first-order chi connectivity index (χ1) is 9.72. The van der Waals surface area contributed by atoms with E-state index in [0.29, 0.717) is 13.2 Å². The molecule has 2 aromatic carbocycles. The van der Waals surface area contributed by atoms with Gasteiger partial charge < -0.3 is 9.47 Å². The highest BCUT2D eigenvalue weighted by atomic mass is 127. The quantitative estimate of drug-likeness (QED) is 0.676. The van der Waals surface area contributed by atoms with Gasteiger partial charge in [0.25, 0.3) is 0 Å². The first-order valence-corrected chi connectivity index (χ1v) is 7.93. The topological polar surface area (TPSA) is 18.5 Å². The molecule has 0 bridgehead atoms. The van der Waals surface area contributed by atoms with Crippen LogP contribution in [0.4, 0.5) is 0 Å². The van der Waals surface area contributed by atoms with E-state index in [2.05, 4.69) is 52.9 Å². The summed E-state index contributed by atoms with van der Waals surface area (Å²) in [5.41, 5.74) is 2.58. The molecule has 0 fully saturated rings. The minimum absolute atomic E-state index is 0.703. The number of hydrogen-bond donors (Lipinski definition) is 0. The van der Waals surface area contributed by atoms with E-state index in [1.807, 2.05) is 26.0 Å². The molecule has 0 aliphatic rings. The van der Waals surface area contributed by atoms with Crippen LogP contribution in [0.2, 0.25) is 0 Å². The predicted octanol–water partition coefficient (Wildman–Crippen LogP) is 4.68. The fourth-order valence-electron chi connectivity index (χ4n) is 2.03.